The highest BCUT2D eigenvalue weighted by atomic mass is 32.2. The molecule has 6 aromatic heterocycles. The molecule has 8 heterocycles. The lowest BCUT2D eigenvalue weighted by Crippen LogP contribution is -2.39. The summed E-state index contributed by atoms with van der Waals surface area (Å²) in [6.07, 6.45) is 11.3. The van der Waals surface area contributed by atoms with Gasteiger partial charge in [-0.05, 0) is 109 Å². The lowest BCUT2D eigenvalue weighted by molar-refractivity contribution is 0.0818. The van der Waals surface area contributed by atoms with Crippen LogP contribution in [-0.2, 0) is 34.3 Å². The van der Waals surface area contributed by atoms with E-state index in [-0.39, 0.29) is 5.75 Å². The van der Waals surface area contributed by atoms with Crippen molar-refractivity contribution < 1.29 is 13.2 Å². The number of hydrogen-bond acceptors (Lipinski definition) is 10. The molecule has 15 nitrogen and oxygen atoms in total. The van der Waals surface area contributed by atoms with Crippen LogP contribution >= 0.6 is 0 Å². The van der Waals surface area contributed by atoms with Gasteiger partial charge >= 0.3 is 0 Å². The minimum Gasteiger partial charge on any atom is -0.384 e. The van der Waals surface area contributed by atoms with E-state index < -0.39 is 26.2 Å². The molecule has 0 radical (unpaired) electrons. The molecular weight excluding hydrogens is 965 g/mol. The third-order valence-corrected chi connectivity index (χ3v) is 19.5. The minimum atomic E-state index is -3.45. The first-order valence-electron chi connectivity index (χ1n) is 25.3. The predicted molar refractivity (Wildman–Crippen MR) is 301 cm³/mol. The third kappa shape index (κ3) is 10.1. The standard InChI is InChI=1S/C33H44N6O3SSi2.C22H18N6/c1-44(2,3)18-16-42-23-38-30-14-13-24(20-26(30)32(37-38)33-35-28-11-7-8-12-29(28)36-33)27-21-34-22-31-25(27)10-9-15-39(31)43(40,41)17-19-45(4,5)6;1-2-6-19-18(5-1)25-22(26-19)21-15-10-13(7-8-17(15)27-28-21)16-11-23-12-20-14(16)4-3-9-24-20/h7-8,11-14,20-22H,9-10,15-19,23H2,1-6H3,(H,35,36);1-2,5-8,10-12,24H,3-4,9H2,(H,25,26)(H,27,28). The smallest absolute Gasteiger partial charge is 0.234 e. The molecular formula is C55H62N12O3SSi2. The maximum absolute atomic E-state index is 13.5. The van der Waals surface area contributed by atoms with Gasteiger partial charge in [0.25, 0.3) is 0 Å². The number of imidazole rings is 2. The number of pyridine rings is 2. The van der Waals surface area contributed by atoms with Crippen LogP contribution in [0.25, 0.3) is 89.2 Å². The molecule has 0 aliphatic carbocycles. The molecule has 0 saturated carbocycles. The number of aromatic amines is 3. The number of nitrogens with one attached hydrogen (secondary N) is 4. The van der Waals surface area contributed by atoms with Gasteiger partial charge < -0.3 is 20.0 Å². The number of H-pyrrole nitrogens is 3. The van der Waals surface area contributed by atoms with Crippen LogP contribution in [0.4, 0.5) is 11.4 Å². The monoisotopic (exact) mass is 1030 g/mol. The molecule has 2 aliphatic rings. The molecule has 0 atom stereocenters. The summed E-state index contributed by atoms with van der Waals surface area (Å²) in [6, 6.07) is 30.5. The van der Waals surface area contributed by atoms with E-state index in [0.29, 0.717) is 31.4 Å². The largest absolute Gasteiger partial charge is 0.384 e. The van der Waals surface area contributed by atoms with Gasteiger partial charge in [0.15, 0.2) is 11.6 Å². The molecule has 0 unspecified atom stereocenters. The molecule has 0 saturated heterocycles. The maximum Gasteiger partial charge on any atom is 0.234 e. The number of anilines is 2. The van der Waals surface area contributed by atoms with Crippen LogP contribution in [-0.4, -0.2) is 99.9 Å². The summed E-state index contributed by atoms with van der Waals surface area (Å²) < 4.78 is 36.7. The van der Waals surface area contributed by atoms with Crippen LogP contribution in [0, 0.1) is 0 Å². The van der Waals surface area contributed by atoms with Gasteiger partial charge in [-0.15, -0.1) is 0 Å². The Hall–Kier alpha value is -7.00. The summed E-state index contributed by atoms with van der Waals surface area (Å²) >= 11 is 0. The topological polar surface area (TPSA) is 188 Å². The average Bonchev–Trinajstić information content (AvgIpc) is 4.20. The van der Waals surface area contributed by atoms with Crippen LogP contribution in [0.15, 0.2) is 110 Å². The fraction of sp³-hybridized carbons (Fsp3) is 0.309. The summed E-state index contributed by atoms with van der Waals surface area (Å²) in [7, 11) is -6.18. The fourth-order valence-electron chi connectivity index (χ4n) is 9.84. The second kappa shape index (κ2) is 19.5. The van der Waals surface area contributed by atoms with Crippen LogP contribution in [0.3, 0.4) is 0 Å². The summed E-state index contributed by atoms with van der Waals surface area (Å²) in [6.45, 7) is 16.2. The first-order valence-corrected chi connectivity index (χ1v) is 34.3. The highest BCUT2D eigenvalue weighted by molar-refractivity contribution is 7.92. The van der Waals surface area contributed by atoms with E-state index >= 15 is 0 Å². The first-order chi connectivity index (χ1) is 35.2. The van der Waals surface area contributed by atoms with Gasteiger partial charge in [0.2, 0.25) is 10.0 Å². The van der Waals surface area contributed by atoms with Gasteiger partial charge in [-0.3, -0.25) is 19.4 Å². The van der Waals surface area contributed by atoms with Crippen LogP contribution in [0.2, 0.25) is 51.4 Å². The number of aromatic nitrogens is 10. The Kier molecular flexibility index (Phi) is 12.9. The number of rotatable bonds is 13. The van der Waals surface area contributed by atoms with Crippen molar-refractivity contribution in [2.45, 2.75) is 83.8 Å². The summed E-state index contributed by atoms with van der Waals surface area (Å²) in [5.41, 5.74) is 15.8. The Morgan fingerprint density at radius 1 is 0.671 bits per heavy atom. The summed E-state index contributed by atoms with van der Waals surface area (Å²) in [5, 5.41) is 18.1. The molecule has 18 heteroatoms. The number of benzene rings is 4. The molecule has 0 fully saturated rings. The fourth-order valence-corrected chi connectivity index (χ4v) is 15.2. The van der Waals surface area contributed by atoms with Gasteiger partial charge in [0.05, 0.1) is 62.6 Å². The van der Waals surface area contributed by atoms with Crippen LogP contribution in [0.5, 0.6) is 0 Å². The summed E-state index contributed by atoms with van der Waals surface area (Å²) in [5.74, 6) is 1.66. The zero-order valence-electron chi connectivity index (χ0n) is 42.4. The second-order valence-electron chi connectivity index (χ2n) is 21.7. The SMILES string of the molecule is C[Si](C)(C)CCOCn1nc(-c2nc3ccccc3[nH]2)c2cc(-c3cncc4c3CCCN4S(=O)(=O)CC[Si](C)(C)C)ccc21.c1ccc2[nH]c(-c3n[nH]c4ccc(-c5cncc6c5CCCN6)cc34)nc2c1. The van der Waals surface area contributed by atoms with Crippen molar-refractivity contribution in [3.8, 4) is 45.3 Å². The summed E-state index contributed by atoms with van der Waals surface area (Å²) in [4.78, 5) is 25.4. The number of fused-ring (bicyclic) bond motifs is 6. The quantitative estimate of drug-likeness (QED) is 0.0639. The molecule has 0 amide bonds. The van der Waals surface area contributed by atoms with Crippen LogP contribution < -0.4 is 9.62 Å². The Balaban J connectivity index is 0.000000174. The van der Waals surface area contributed by atoms with Crippen molar-refractivity contribution in [3.63, 3.8) is 0 Å². The zero-order valence-corrected chi connectivity index (χ0v) is 45.2. The van der Waals surface area contributed by atoms with Gasteiger partial charge in [0, 0.05) is 70.1 Å². The number of nitrogens with zero attached hydrogens (tertiary/aromatic N) is 8. The second-order valence-corrected chi connectivity index (χ2v) is 35.0. The maximum atomic E-state index is 13.5. The number of hydrogen-bond donors (Lipinski definition) is 4. The molecule has 12 rings (SSSR count). The highest BCUT2D eigenvalue weighted by Crippen LogP contribution is 2.40. The minimum absolute atomic E-state index is 0.179. The Morgan fingerprint density at radius 3 is 2.03 bits per heavy atom. The molecule has 0 spiro atoms. The van der Waals surface area contributed by atoms with E-state index in [1.54, 1.807) is 10.5 Å². The molecule has 10 aromatic rings. The first kappa shape index (κ1) is 48.3. The lowest BCUT2D eigenvalue weighted by atomic mass is 9.94. The van der Waals surface area contributed by atoms with Crippen molar-refractivity contribution in [1.29, 1.82) is 0 Å². The molecule has 4 aromatic carbocycles. The van der Waals surface area contributed by atoms with Gasteiger partial charge in [-0.2, -0.15) is 10.2 Å². The van der Waals surface area contributed by atoms with E-state index in [1.807, 2.05) is 71.8 Å². The molecule has 374 valence electrons. The molecule has 73 heavy (non-hydrogen) atoms. The number of para-hydroxylation sites is 4. The van der Waals surface area contributed by atoms with Gasteiger partial charge in [0.1, 0.15) is 18.1 Å². The molecule has 0 bridgehead atoms. The number of ether oxygens (including phenoxy) is 1. The highest BCUT2D eigenvalue weighted by Gasteiger charge is 2.31. The van der Waals surface area contributed by atoms with Crippen molar-refractivity contribution in [2.75, 3.05) is 35.1 Å². The van der Waals surface area contributed by atoms with E-state index in [2.05, 4.69) is 111 Å². The molecule has 4 N–H and O–H groups in total. The van der Waals surface area contributed by atoms with Crippen LogP contribution in [0.1, 0.15) is 24.0 Å². The number of sulfonamides is 1. The van der Waals surface area contributed by atoms with E-state index in [1.165, 1.54) is 11.1 Å². The normalized spacial score (nSPS) is 14.1. The Morgan fingerprint density at radius 2 is 1.32 bits per heavy atom. The van der Waals surface area contributed by atoms with Crippen molar-refractivity contribution in [2.24, 2.45) is 0 Å². The third-order valence-electron chi connectivity index (χ3n) is 13.9. The van der Waals surface area contributed by atoms with Crippen molar-refractivity contribution in [3.05, 3.63) is 121 Å². The lowest BCUT2D eigenvalue weighted by Gasteiger charge is -2.32. The average molecular weight is 1030 g/mol. The van der Waals surface area contributed by atoms with E-state index in [9.17, 15) is 8.42 Å². The predicted octanol–water partition coefficient (Wildman–Crippen LogP) is 11.9. The Bertz CT molecular complexity index is 3710. The van der Waals surface area contributed by atoms with Gasteiger partial charge in [-0.25, -0.2) is 23.1 Å². The van der Waals surface area contributed by atoms with E-state index in [0.717, 1.165) is 133 Å². The van der Waals surface area contributed by atoms with Crippen molar-refractivity contribution in [1.82, 2.24) is 49.9 Å². The Labute approximate surface area is 427 Å². The molecule has 2 aliphatic heterocycles. The van der Waals surface area contributed by atoms with Gasteiger partial charge in [-0.1, -0.05) is 75.7 Å². The van der Waals surface area contributed by atoms with Crippen molar-refractivity contribution >= 4 is 81.4 Å². The van der Waals surface area contributed by atoms with E-state index in [4.69, 9.17) is 19.8 Å². The zero-order chi connectivity index (χ0) is 50.5.